The maximum Gasteiger partial charge on any atom is 0.308 e. The summed E-state index contributed by atoms with van der Waals surface area (Å²) in [5.74, 6) is -1.05. The summed E-state index contributed by atoms with van der Waals surface area (Å²) in [6.07, 6.45) is 2.50. The van der Waals surface area contributed by atoms with Crippen LogP contribution in [0.3, 0.4) is 0 Å². The molecule has 0 aliphatic carbocycles. The third-order valence-corrected chi connectivity index (χ3v) is 7.41. The van der Waals surface area contributed by atoms with Gasteiger partial charge in [-0.2, -0.15) is 0 Å². The lowest BCUT2D eigenvalue weighted by Gasteiger charge is -2.22. The van der Waals surface area contributed by atoms with E-state index in [0.29, 0.717) is 17.9 Å². The fourth-order valence-electron chi connectivity index (χ4n) is 4.22. The molecule has 2 heterocycles. The van der Waals surface area contributed by atoms with E-state index >= 15 is 0 Å². The van der Waals surface area contributed by atoms with Crippen molar-refractivity contribution < 1.29 is 18.3 Å². The van der Waals surface area contributed by atoms with Crippen LogP contribution in [0.4, 0.5) is 0 Å². The van der Waals surface area contributed by atoms with Crippen molar-refractivity contribution in [1.82, 2.24) is 4.90 Å². The number of fused-ring (bicyclic) bond motifs is 2. The molecule has 6 heteroatoms. The Balaban J connectivity index is 1.68. The molecule has 2 aliphatic heterocycles. The van der Waals surface area contributed by atoms with Crippen molar-refractivity contribution in [3.63, 3.8) is 0 Å². The van der Waals surface area contributed by atoms with Crippen molar-refractivity contribution in [3.8, 4) is 0 Å². The Hall–Kier alpha value is -1.40. The summed E-state index contributed by atoms with van der Waals surface area (Å²) in [6, 6.07) is 7.37. The van der Waals surface area contributed by atoms with Gasteiger partial charge in [0.2, 0.25) is 0 Å². The molecule has 2 bridgehead atoms. The van der Waals surface area contributed by atoms with Crippen LogP contribution in [-0.4, -0.2) is 48.8 Å². The van der Waals surface area contributed by atoms with Crippen LogP contribution in [0.15, 0.2) is 29.2 Å². The van der Waals surface area contributed by atoms with Crippen molar-refractivity contribution in [2.45, 2.75) is 62.4 Å². The average molecular weight is 365 g/mol. The van der Waals surface area contributed by atoms with Crippen molar-refractivity contribution in [1.29, 1.82) is 0 Å². The molecule has 1 aromatic carbocycles. The predicted molar refractivity (Wildman–Crippen MR) is 96.5 cm³/mol. The monoisotopic (exact) mass is 365 g/mol. The first-order valence-electron chi connectivity index (χ1n) is 8.91. The Morgan fingerprint density at radius 2 is 1.84 bits per heavy atom. The molecule has 1 aromatic rings. The molecule has 3 unspecified atom stereocenters. The lowest BCUT2D eigenvalue weighted by atomic mass is 9.87. The number of sulfone groups is 1. The average Bonchev–Trinajstić information content (AvgIpc) is 3.09. The summed E-state index contributed by atoms with van der Waals surface area (Å²) >= 11 is 0. The zero-order chi connectivity index (χ0) is 18.4. The van der Waals surface area contributed by atoms with Gasteiger partial charge in [-0.25, -0.2) is 8.42 Å². The SMILES string of the molecule is CC(C)(C)c1ccc(S(=O)(=O)CCN2C3CCC2C(C(=O)O)C3)cc1. The first-order chi connectivity index (χ1) is 11.6. The van der Waals surface area contributed by atoms with Crippen molar-refractivity contribution in [2.75, 3.05) is 12.3 Å². The third kappa shape index (κ3) is 3.60. The molecule has 1 N–H and O–H groups in total. The van der Waals surface area contributed by atoms with Crippen LogP contribution in [-0.2, 0) is 20.0 Å². The van der Waals surface area contributed by atoms with Crippen molar-refractivity contribution in [3.05, 3.63) is 29.8 Å². The minimum absolute atomic E-state index is 0.000895. The second-order valence-electron chi connectivity index (χ2n) is 8.31. The van der Waals surface area contributed by atoms with E-state index in [4.69, 9.17) is 0 Å². The Kier molecular flexibility index (Phi) is 4.71. The molecule has 0 aromatic heterocycles. The van der Waals surface area contributed by atoms with Crippen molar-refractivity contribution >= 4 is 15.8 Å². The molecule has 0 radical (unpaired) electrons. The van der Waals surface area contributed by atoms with Gasteiger partial charge in [0.15, 0.2) is 9.84 Å². The molecule has 0 spiro atoms. The van der Waals surface area contributed by atoms with E-state index < -0.39 is 15.8 Å². The molecule has 2 aliphatic rings. The Morgan fingerprint density at radius 3 is 2.36 bits per heavy atom. The summed E-state index contributed by atoms with van der Waals surface area (Å²) < 4.78 is 25.3. The number of hydrogen-bond acceptors (Lipinski definition) is 4. The fourth-order valence-corrected chi connectivity index (χ4v) is 5.46. The zero-order valence-corrected chi connectivity index (χ0v) is 15.9. The number of aliphatic carboxylic acids is 1. The van der Waals surface area contributed by atoms with Crippen LogP contribution in [0, 0.1) is 5.92 Å². The molecule has 0 saturated carbocycles. The van der Waals surface area contributed by atoms with E-state index in [9.17, 15) is 18.3 Å². The number of rotatable bonds is 5. The van der Waals surface area contributed by atoms with Gasteiger partial charge < -0.3 is 5.11 Å². The van der Waals surface area contributed by atoms with Gasteiger partial charge in [-0.15, -0.1) is 0 Å². The second-order valence-corrected chi connectivity index (χ2v) is 10.4. The highest BCUT2D eigenvalue weighted by Gasteiger charge is 2.49. The summed E-state index contributed by atoms with van der Waals surface area (Å²) in [7, 11) is -3.36. The normalized spacial score (nSPS) is 26.9. The quantitative estimate of drug-likeness (QED) is 0.868. The van der Waals surface area contributed by atoms with Gasteiger partial charge in [0.05, 0.1) is 16.6 Å². The predicted octanol–water partition coefficient (Wildman–Crippen LogP) is 2.70. The topological polar surface area (TPSA) is 74.7 Å². The first kappa shape index (κ1) is 18.4. The van der Waals surface area contributed by atoms with Crippen LogP contribution >= 0.6 is 0 Å². The number of carbonyl (C=O) groups is 1. The smallest absolute Gasteiger partial charge is 0.308 e. The zero-order valence-electron chi connectivity index (χ0n) is 15.1. The van der Waals surface area contributed by atoms with Crippen LogP contribution in [0.2, 0.25) is 0 Å². The van der Waals surface area contributed by atoms with Gasteiger partial charge in [-0.3, -0.25) is 9.69 Å². The van der Waals surface area contributed by atoms with E-state index in [1.165, 1.54) is 0 Å². The Bertz CT molecular complexity index is 749. The van der Waals surface area contributed by atoms with Gasteiger partial charge in [-0.05, 0) is 42.4 Å². The first-order valence-corrected chi connectivity index (χ1v) is 10.6. The summed E-state index contributed by atoms with van der Waals surface area (Å²) in [6.45, 7) is 6.71. The lowest BCUT2D eigenvalue weighted by molar-refractivity contribution is -0.142. The molecular formula is C19H27NO4S. The molecule has 5 nitrogen and oxygen atoms in total. The number of carboxylic acid groups (broad SMARTS) is 1. The van der Waals surface area contributed by atoms with Gasteiger partial charge in [0, 0.05) is 18.6 Å². The van der Waals surface area contributed by atoms with Crippen LogP contribution < -0.4 is 0 Å². The van der Waals surface area contributed by atoms with Crippen LogP contribution in [0.5, 0.6) is 0 Å². The van der Waals surface area contributed by atoms with E-state index in [-0.39, 0.29) is 29.2 Å². The largest absolute Gasteiger partial charge is 0.481 e. The second kappa shape index (κ2) is 6.40. The van der Waals surface area contributed by atoms with E-state index in [1.54, 1.807) is 12.1 Å². The molecule has 0 amide bonds. The van der Waals surface area contributed by atoms with E-state index in [1.807, 2.05) is 12.1 Å². The van der Waals surface area contributed by atoms with Gasteiger partial charge in [-0.1, -0.05) is 32.9 Å². The standard InChI is InChI=1S/C19H27NO4S/c1-19(2,3)13-4-7-15(8-5-13)25(23,24)11-10-20-14-6-9-17(20)16(12-14)18(21)22/h4-5,7-8,14,16-17H,6,9-12H2,1-3H3,(H,21,22). The maximum absolute atomic E-state index is 12.7. The summed E-state index contributed by atoms with van der Waals surface area (Å²) in [4.78, 5) is 13.8. The molecule has 3 atom stereocenters. The molecule has 138 valence electrons. The summed E-state index contributed by atoms with van der Waals surface area (Å²) in [5, 5.41) is 9.31. The number of nitrogens with zero attached hydrogens (tertiary/aromatic N) is 1. The molecule has 2 saturated heterocycles. The van der Waals surface area contributed by atoms with Crippen LogP contribution in [0.25, 0.3) is 0 Å². The minimum Gasteiger partial charge on any atom is -0.481 e. The minimum atomic E-state index is -3.36. The molecule has 2 fully saturated rings. The van der Waals surface area contributed by atoms with Gasteiger partial charge in [0.1, 0.15) is 0 Å². The molecule has 3 rings (SSSR count). The number of hydrogen-bond donors (Lipinski definition) is 1. The van der Waals surface area contributed by atoms with Gasteiger partial charge in [0.25, 0.3) is 0 Å². The van der Waals surface area contributed by atoms with E-state index in [2.05, 4.69) is 25.7 Å². The van der Waals surface area contributed by atoms with Gasteiger partial charge >= 0.3 is 5.97 Å². The molecular weight excluding hydrogens is 338 g/mol. The van der Waals surface area contributed by atoms with Crippen molar-refractivity contribution in [2.24, 2.45) is 5.92 Å². The Labute approximate surface area is 150 Å². The Morgan fingerprint density at radius 1 is 1.20 bits per heavy atom. The highest BCUT2D eigenvalue weighted by atomic mass is 32.2. The fraction of sp³-hybridized carbons (Fsp3) is 0.632. The summed E-state index contributed by atoms with van der Waals surface area (Å²) in [5.41, 5.74) is 1.09. The van der Waals surface area contributed by atoms with E-state index in [0.717, 1.165) is 18.4 Å². The number of carboxylic acids is 1. The van der Waals surface area contributed by atoms with Crippen LogP contribution in [0.1, 0.15) is 45.6 Å². The lowest BCUT2D eigenvalue weighted by Crippen LogP contribution is -2.36. The number of benzene rings is 1. The highest BCUT2D eigenvalue weighted by molar-refractivity contribution is 7.91. The maximum atomic E-state index is 12.7. The highest BCUT2D eigenvalue weighted by Crippen LogP contribution is 2.41. The third-order valence-electron chi connectivity index (χ3n) is 5.70. The molecule has 25 heavy (non-hydrogen) atoms.